The number of para-hydroxylation sites is 1. The minimum atomic E-state index is -4.70. The first kappa shape index (κ1) is 18.0. The molecule has 2 N–H and O–H groups in total. The number of hydrogen-bond acceptors (Lipinski definition) is 6. The number of alkyl halides is 3. The van der Waals surface area contributed by atoms with Gasteiger partial charge < -0.3 is 10.2 Å². The topological polar surface area (TPSA) is 83.3 Å². The third kappa shape index (κ3) is 3.72. The number of phenols is 2. The molecule has 5 nitrogen and oxygen atoms in total. The largest absolute Gasteiger partial charge is 0.504 e. The lowest BCUT2D eigenvalue weighted by atomic mass is 10.1. The highest BCUT2D eigenvalue weighted by atomic mass is 32.2. The Hall–Kier alpha value is -2.81. The van der Waals surface area contributed by atoms with E-state index >= 15 is 0 Å². The first-order chi connectivity index (χ1) is 12.3. The molecule has 3 aromatic rings. The van der Waals surface area contributed by atoms with Crippen molar-refractivity contribution in [2.45, 2.75) is 11.2 Å². The van der Waals surface area contributed by atoms with Gasteiger partial charge in [-0.15, -0.1) is 0 Å². The maximum atomic E-state index is 13.0. The molecule has 0 saturated carbocycles. The summed E-state index contributed by atoms with van der Waals surface area (Å²) in [5.41, 5.74) is 0.259. The maximum Gasteiger partial charge on any atom is 0.451 e. The number of carbonyl (C=O) groups excluding carboxylic acids is 1. The van der Waals surface area contributed by atoms with Crippen molar-refractivity contribution in [1.29, 1.82) is 0 Å². The second-order valence-corrected chi connectivity index (χ2v) is 6.25. The van der Waals surface area contributed by atoms with E-state index in [1.54, 1.807) is 18.2 Å². The van der Waals surface area contributed by atoms with Crippen LogP contribution in [-0.4, -0.2) is 31.7 Å². The summed E-state index contributed by atoms with van der Waals surface area (Å²) in [6, 6.07) is 9.80. The predicted octanol–water partition coefficient (Wildman–Crippen LogP) is 4.03. The van der Waals surface area contributed by atoms with E-state index in [2.05, 4.69) is 9.97 Å². The van der Waals surface area contributed by atoms with E-state index in [9.17, 15) is 28.2 Å². The van der Waals surface area contributed by atoms with Crippen molar-refractivity contribution in [3.63, 3.8) is 0 Å². The molecule has 0 bridgehead atoms. The van der Waals surface area contributed by atoms with Gasteiger partial charge in [0.25, 0.3) is 0 Å². The number of aromatic nitrogens is 2. The molecule has 0 fully saturated rings. The van der Waals surface area contributed by atoms with Gasteiger partial charge >= 0.3 is 6.18 Å². The minimum Gasteiger partial charge on any atom is -0.504 e. The highest BCUT2D eigenvalue weighted by molar-refractivity contribution is 8.00. The van der Waals surface area contributed by atoms with Gasteiger partial charge in [0.2, 0.25) is 5.82 Å². The summed E-state index contributed by atoms with van der Waals surface area (Å²) in [6.07, 6.45) is -4.70. The molecule has 0 atom stereocenters. The lowest BCUT2D eigenvalue weighted by Gasteiger charge is -2.10. The fourth-order valence-electron chi connectivity index (χ4n) is 2.20. The normalized spacial score (nSPS) is 11.7. The van der Waals surface area contributed by atoms with Crippen LogP contribution in [0.2, 0.25) is 0 Å². The lowest BCUT2D eigenvalue weighted by molar-refractivity contribution is -0.145. The van der Waals surface area contributed by atoms with Crippen LogP contribution in [0.1, 0.15) is 16.2 Å². The van der Waals surface area contributed by atoms with Crippen LogP contribution in [0, 0.1) is 0 Å². The van der Waals surface area contributed by atoms with Crippen LogP contribution in [0.4, 0.5) is 13.2 Å². The summed E-state index contributed by atoms with van der Waals surface area (Å²) in [5, 5.41) is 19.2. The summed E-state index contributed by atoms with van der Waals surface area (Å²) in [6.45, 7) is 0. The van der Waals surface area contributed by atoms with Gasteiger partial charge in [0, 0.05) is 10.9 Å². The number of carbonyl (C=O) groups is 1. The molecule has 0 amide bonds. The smallest absolute Gasteiger partial charge is 0.451 e. The van der Waals surface area contributed by atoms with Crippen molar-refractivity contribution in [3.8, 4) is 11.5 Å². The van der Waals surface area contributed by atoms with Gasteiger partial charge in [-0.05, 0) is 24.3 Å². The zero-order chi connectivity index (χ0) is 18.9. The molecule has 0 radical (unpaired) electrons. The first-order valence-corrected chi connectivity index (χ1v) is 8.26. The monoisotopic (exact) mass is 380 g/mol. The average molecular weight is 380 g/mol. The number of thioether (sulfide) groups is 1. The predicted molar refractivity (Wildman–Crippen MR) is 89.4 cm³/mol. The summed E-state index contributed by atoms with van der Waals surface area (Å²) < 4.78 is 39.0. The minimum absolute atomic E-state index is 0.0410. The Morgan fingerprint density at radius 3 is 2.46 bits per heavy atom. The van der Waals surface area contributed by atoms with E-state index < -0.39 is 23.5 Å². The third-order valence-electron chi connectivity index (χ3n) is 3.46. The van der Waals surface area contributed by atoms with Gasteiger partial charge in [-0.25, -0.2) is 9.97 Å². The van der Waals surface area contributed by atoms with Gasteiger partial charge in [-0.2, -0.15) is 13.2 Å². The molecular weight excluding hydrogens is 369 g/mol. The van der Waals surface area contributed by atoms with Crippen LogP contribution < -0.4 is 0 Å². The quantitative estimate of drug-likeness (QED) is 0.308. The van der Waals surface area contributed by atoms with E-state index in [1.807, 2.05) is 0 Å². The number of hydrogen-bond donors (Lipinski definition) is 2. The number of nitrogens with zero attached hydrogens (tertiary/aromatic N) is 2. The van der Waals surface area contributed by atoms with Crippen molar-refractivity contribution in [2.24, 2.45) is 0 Å². The van der Waals surface area contributed by atoms with Crippen molar-refractivity contribution in [2.75, 3.05) is 5.75 Å². The van der Waals surface area contributed by atoms with Crippen LogP contribution in [-0.2, 0) is 6.18 Å². The highest BCUT2D eigenvalue weighted by Crippen LogP contribution is 2.32. The molecule has 3 rings (SSSR count). The number of fused-ring (bicyclic) bond motifs is 1. The Morgan fingerprint density at radius 1 is 1.04 bits per heavy atom. The Kier molecular flexibility index (Phi) is 4.73. The number of phenolic OH excluding ortho intramolecular Hbond substituents is 2. The summed E-state index contributed by atoms with van der Waals surface area (Å²) in [7, 11) is 0. The Morgan fingerprint density at radius 2 is 1.77 bits per heavy atom. The second kappa shape index (κ2) is 6.83. The van der Waals surface area contributed by atoms with Crippen molar-refractivity contribution >= 4 is 28.4 Å². The lowest BCUT2D eigenvalue weighted by Crippen LogP contribution is -2.12. The summed E-state index contributed by atoms with van der Waals surface area (Å²) >= 11 is 0.848. The van der Waals surface area contributed by atoms with Gasteiger partial charge in [-0.3, -0.25) is 4.79 Å². The average Bonchev–Trinajstić information content (AvgIpc) is 2.60. The van der Waals surface area contributed by atoms with Gasteiger partial charge in [0.15, 0.2) is 17.3 Å². The fourth-order valence-corrected chi connectivity index (χ4v) is 3.11. The Bertz CT molecular complexity index is 993. The summed E-state index contributed by atoms with van der Waals surface area (Å²) in [5.74, 6) is -2.71. The number of ketones is 1. The molecule has 0 unspecified atom stereocenters. The molecular formula is C17H11F3N2O3S. The Balaban J connectivity index is 1.90. The van der Waals surface area contributed by atoms with E-state index in [-0.39, 0.29) is 27.6 Å². The molecule has 0 spiro atoms. The molecule has 134 valence electrons. The molecule has 1 heterocycles. The van der Waals surface area contributed by atoms with E-state index in [1.165, 1.54) is 12.1 Å². The number of aromatic hydroxyl groups is 2. The molecule has 0 aliphatic rings. The first-order valence-electron chi connectivity index (χ1n) is 7.27. The number of halogens is 3. The molecule has 1 aromatic heterocycles. The van der Waals surface area contributed by atoms with Crippen LogP contribution in [0.25, 0.3) is 10.9 Å². The Labute approximate surface area is 149 Å². The molecule has 0 saturated heterocycles. The van der Waals surface area contributed by atoms with Crippen LogP contribution in [0.3, 0.4) is 0 Å². The summed E-state index contributed by atoms with van der Waals surface area (Å²) in [4.78, 5) is 19.3. The highest BCUT2D eigenvalue weighted by Gasteiger charge is 2.35. The molecule has 0 aliphatic carbocycles. The fraction of sp³-hybridized carbons (Fsp3) is 0.118. The van der Waals surface area contributed by atoms with Crippen molar-refractivity contribution < 1.29 is 28.2 Å². The molecule has 0 aliphatic heterocycles. The van der Waals surface area contributed by atoms with Crippen molar-refractivity contribution in [3.05, 3.63) is 53.9 Å². The SMILES string of the molecule is O=C(CSc1nc(C(F)(F)F)nc2ccccc12)c1ccc(O)c(O)c1. The van der Waals surface area contributed by atoms with E-state index in [0.717, 1.165) is 23.9 Å². The third-order valence-corrected chi connectivity index (χ3v) is 4.45. The molecule has 26 heavy (non-hydrogen) atoms. The van der Waals surface area contributed by atoms with Crippen LogP contribution in [0.15, 0.2) is 47.5 Å². The number of Topliss-reactive ketones (excluding diaryl/α,β-unsaturated/α-hetero) is 1. The zero-order valence-corrected chi connectivity index (χ0v) is 13.8. The number of benzene rings is 2. The maximum absolute atomic E-state index is 13.0. The standard InChI is InChI=1S/C17H11F3N2O3S/c18-17(19,20)16-21-11-4-2-1-3-10(11)15(22-16)26-8-14(25)9-5-6-12(23)13(24)7-9/h1-7,23-24H,8H2. The van der Waals surface area contributed by atoms with Crippen molar-refractivity contribution in [1.82, 2.24) is 9.97 Å². The van der Waals surface area contributed by atoms with Gasteiger partial charge in [0.1, 0.15) is 5.03 Å². The van der Waals surface area contributed by atoms with Crippen LogP contribution >= 0.6 is 11.8 Å². The number of rotatable bonds is 4. The van der Waals surface area contributed by atoms with E-state index in [0.29, 0.717) is 5.39 Å². The van der Waals surface area contributed by atoms with Gasteiger partial charge in [0.05, 0.1) is 11.3 Å². The zero-order valence-electron chi connectivity index (χ0n) is 13.0. The van der Waals surface area contributed by atoms with Crippen LogP contribution in [0.5, 0.6) is 11.5 Å². The molecule has 2 aromatic carbocycles. The second-order valence-electron chi connectivity index (χ2n) is 5.28. The molecule has 9 heteroatoms. The van der Waals surface area contributed by atoms with Gasteiger partial charge in [-0.1, -0.05) is 30.0 Å². The van der Waals surface area contributed by atoms with E-state index in [4.69, 9.17) is 0 Å².